The van der Waals surface area contributed by atoms with Gasteiger partial charge in [0.1, 0.15) is 0 Å². The van der Waals surface area contributed by atoms with Crippen LogP contribution in [0.4, 0.5) is 0 Å². The van der Waals surface area contributed by atoms with Gasteiger partial charge in [-0.2, -0.15) is 0 Å². The van der Waals surface area contributed by atoms with Gasteiger partial charge in [-0.15, -0.1) is 0 Å². The highest BCUT2D eigenvalue weighted by molar-refractivity contribution is 6.31. The van der Waals surface area contributed by atoms with Crippen LogP contribution in [0.25, 0.3) is 0 Å². The summed E-state index contributed by atoms with van der Waals surface area (Å²) in [5, 5.41) is 4.37. The molecule has 0 aromatic heterocycles. The zero-order valence-electron chi connectivity index (χ0n) is 8.91. The molecule has 0 aliphatic heterocycles. The van der Waals surface area contributed by atoms with Crippen LogP contribution in [0.2, 0.25) is 5.02 Å². The average Bonchev–Trinajstić information content (AvgIpc) is 2.16. The van der Waals surface area contributed by atoms with Crippen molar-refractivity contribution in [2.24, 2.45) is 5.73 Å². The number of halogens is 1. The Morgan fingerprint density at radius 3 is 2.67 bits per heavy atom. The molecule has 3 heteroatoms. The fraction of sp³-hybridized carbons (Fsp3) is 0.500. The number of hydrogen-bond donors (Lipinski definition) is 2. The van der Waals surface area contributed by atoms with Crippen LogP contribution in [0.5, 0.6) is 0 Å². The minimum atomic E-state index is 0.302. The molecule has 0 radical (unpaired) electrons. The van der Waals surface area contributed by atoms with Crippen LogP contribution in [-0.2, 0) is 0 Å². The van der Waals surface area contributed by atoms with Crippen LogP contribution in [0.1, 0.15) is 31.4 Å². The first-order chi connectivity index (χ1) is 7.16. The second-order valence-electron chi connectivity index (χ2n) is 4.34. The Kier molecular flexibility index (Phi) is 3.29. The summed E-state index contributed by atoms with van der Waals surface area (Å²) in [6, 6.07) is 9.23. The second kappa shape index (κ2) is 4.52. The third-order valence-corrected chi connectivity index (χ3v) is 3.38. The molecular weight excluding hydrogens is 208 g/mol. The molecule has 2 nitrogen and oxygen atoms in total. The molecule has 0 heterocycles. The maximum Gasteiger partial charge on any atom is 0.0453 e. The number of benzene rings is 1. The predicted octanol–water partition coefficient (Wildman–Crippen LogP) is 2.48. The van der Waals surface area contributed by atoms with Crippen LogP contribution >= 0.6 is 11.6 Å². The van der Waals surface area contributed by atoms with Crippen molar-refractivity contribution in [3.05, 3.63) is 34.9 Å². The van der Waals surface area contributed by atoms with Gasteiger partial charge in [0.2, 0.25) is 0 Å². The van der Waals surface area contributed by atoms with E-state index in [4.69, 9.17) is 17.3 Å². The monoisotopic (exact) mass is 224 g/mol. The SMILES string of the molecule is CC(NC1CC(N)C1)c1ccccc1Cl. The number of nitrogens with one attached hydrogen (secondary N) is 1. The molecule has 1 unspecified atom stereocenters. The first kappa shape index (κ1) is 10.9. The maximum absolute atomic E-state index is 6.13. The van der Waals surface area contributed by atoms with Gasteiger partial charge in [0, 0.05) is 23.1 Å². The highest BCUT2D eigenvalue weighted by Crippen LogP contribution is 2.26. The molecule has 1 fully saturated rings. The molecule has 2 rings (SSSR count). The highest BCUT2D eigenvalue weighted by atomic mass is 35.5. The Morgan fingerprint density at radius 1 is 1.40 bits per heavy atom. The lowest BCUT2D eigenvalue weighted by Crippen LogP contribution is -2.49. The van der Waals surface area contributed by atoms with Crippen LogP contribution in [-0.4, -0.2) is 12.1 Å². The number of nitrogens with two attached hydrogens (primary N) is 1. The molecule has 3 N–H and O–H groups in total. The van der Waals surface area contributed by atoms with E-state index in [1.807, 2.05) is 18.2 Å². The van der Waals surface area contributed by atoms with Crippen LogP contribution in [0, 0.1) is 0 Å². The zero-order valence-corrected chi connectivity index (χ0v) is 9.67. The fourth-order valence-corrected chi connectivity index (χ4v) is 2.37. The van der Waals surface area contributed by atoms with Gasteiger partial charge in [0.05, 0.1) is 0 Å². The zero-order chi connectivity index (χ0) is 10.8. The van der Waals surface area contributed by atoms with Gasteiger partial charge in [-0.05, 0) is 31.4 Å². The standard InChI is InChI=1S/C12H17ClN2/c1-8(15-10-6-9(14)7-10)11-4-2-3-5-12(11)13/h2-5,8-10,15H,6-7,14H2,1H3. The van der Waals surface area contributed by atoms with E-state index in [1.165, 1.54) is 5.56 Å². The van der Waals surface area contributed by atoms with Crippen molar-refractivity contribution in [2.45, 2.75) is 37.9 Å². The predicted molar refractivity (Wildman–Crippen MR) is 64.0 cm³/mol. The van der Waals surface area contributed by atoms with Crippen LogP contribution < -0.4 is 11.1 Å². The van der Waals surface area contributed by atoms with Crippen molar-refractivity contribution in [3.8, 4) is 0 Å². The molecule has 1 aliphatic carbocycles. The summed E-state index contributed by atoms with van der Waals surface area (Å²) in [7, 11) is 0. The molecule has 0 spiro atoms. The van der Waals surface area contributed by atoms with Crippen molar-refractivity contribution in [3.63, 3.8) is 0 Å². The fourth-order valence-electron chi connectivity index (χ4n) is 2.07. The summed E-state index contributed by atoms with van der Waals surface area (Å²) >= 11 is 6.13. The minimum Gasteiger partial charge on any atom is -0.328 e. The van der Waals surface area contributed by atoms with E-state index >= 15 is 0 Å². The molecule has 1 aromatic carbocycles. The van der Waals surface area contributed by atoms with E-state index in [0.717, 1.165) is 17.9 Å². The normalized spacial score (nSPS) is 27.1. The molecule has 0 bridgehead atoms. The maximum atomic E-state index is 6.13. The summed E-state index contributed by atoms with van der Waals surface area (Å²) in [6.07, 6.45) is 2.16. The second-order valence-corrected chi connectivity index (χ2v) is 4.75. The molecule has 15 heavy (non-hydrogen) atoms. The van der Waals surface area contributed by atoms with Gasteiger partial charge in [-0.25, -0.2) is 0 Å². The summed E-state index contributed by atoms with van der Waals surface area (Å²) in [6.45, 7) is 2.14. The smallest absolute Gasteiger partial charge is 0.0453 e. The van der Waals surface area contributed by atoms with Crippen molar-refractivity contribution < 1.29 is 0 Å². The molecular formula is C12H17ClN2. The Labute approximate surface area is 95.8 Å². The average molecular weight is 225 g/mol. The van der Waals surface area contributed by atoms with Crippen molar-refractivity contribution in [1.29, 1.82) is 0 Å². The Hall–Kier alpha value is -0.570. The molecule has 82 valence electrons. The van der Waals surface area contributed by atoms with Gasteiger partial charge >= 0.3 is 0 Å². The van der Waals surface area contributed by atoms with E-state index in [-0.39, 0.29) is 0 Å². The lowest BCUT2D eigenvalue weighted by molar-refractivity contribution is 0.272. The van der Waals surface area contributed by atoms with E-state index in [1.54, 1.807) is 0 Å². The summed E-state index contributed by atoms with van der Waals surface area (Å²) < 4.78 is 0. The lowest BCUT2D eigenvalue weighted by atomic mass is 9.87. The number of rotatable bonds is 3. The van der Waals surface area contributed by atoms with E-state index in [2.05, 4.69) is 18.3 Å². The molecule has 0 amide bonds. The van der Waals surface area contributed by atoms with E-state index < -0.39 is 0 Å². The van der Waals surface area contributed by atoms with E-state index in [9.17, 15) is 0 Å². The topological polar surface area (TPSA) is 38.0 Å². The summed E-state index contributed by atoms with van der Waals surface area (Å²) in [5.74, 6) is 0. The van der Waals surface area contributed by atoms with Gasteiger partial charge in [0.15, 0.2) is 0 Å². The Morgan fingerprint density at radius 2 is 2.07 bits per heavy atom. The molecule has 1 atom stereocenters. The molecule has 1 aromatic rings. The quantitative estimate of drug-likeness (QED) is 0.828. The third-order valence-electron chi connectivity index (χ3n) is 3.03. The minimum absolute atomic E-state index is 0.302. The van der Waals surface area contributed by atoms with Crippen molar-refractivity contribution >= 4 is 11.6 Å². The Bertz CT molecular complexity index is 334. The van der Waals surface area contributed by atoms with Crippen LogP contribution in [0.15, 0.2) is 24.3 Å². The Balaban J connectivity index is 1.96. The van der Waals surface area contributed by atoms with Gasteiger partial charge in [-0.1, -0.05) is 29.8 Å². The lowest BCUT2D eigenvalue weighted by Gasteiger charge is -2.35. The van der Waals surface area contributed by atoms with Gasteiger partial charge in [0.25, 0.3) is 0 Å². The van der Waals surface area contributed by atoms with Crippen molar-refractivity contribution in [1.82, 2.24) is 5.32 Å². The highest BCUT2D eigenvalue weighted by Gasteiger charge is 2.27. The summed E-state index contributed by atoms with van der Waals surface area (Å²) in [4.78, 5) is 0. The van der Waals surface area contributed by atoms with Crippen LogP contribution in [0.3, 0.4) is 0 Å². The molecule has 0 saturated heterocycles. The largest absolute Gasteiger partial charge is 0.328 e. The van der Waals surface area contributed by atoms with Gasteiger partial charge in [-0.3, -0.25) is 0 Å². The molecule has 1 saturated carbocycles. The van der Waals surface area contributed by atoms with Gasteiger partial charge < -0.3 is 11.1 Å². The first-order valence-corrected chi connectivity index (χ1v) is 5.80. The number of hydrogen-bond acceptors (Lipinski definition) is 2. The third kappa shape index (κ3) is 2.51. The van der Waals surface area contributed by atoms with E-state index in [0.29, 0.717) is 18.1 Å². The first-order valence-electron chi connectivity index (χ1n) is 5.43. The summed E-state index contributed by atoms with van der Waals surface area (Å²) in [5.41, 5.74) is 6.91. The van der Waals surface area contributed by atoms with Crippen molar-refractivity contribution in [2.75, 3.05) is 0 Å². The molecule has 1 aliphatic rings.